The second kappa shape index (κ2) is 11.0. The predicted molar refractivity (Wildman–Crippen MR) is 139 cm³/mol. The zero-order valence-electron chi connectivity index (χ0n) is 20.5. The molecule has 1 aliphatic heterocycles. The molecule has 1 aromatic carbocycles. The number of imidazole rings is 1. The Bertz CT molecular complexity index is 1420. The topological polar surface area (TPSA) is 103 Å². The number of aromatic nitrogens is 5. The average Bonchev–Trinajstić information content (AvgIpc) is 3.30. The standard InChI is InChI=1S/C25H25F3N8OS/c1-38-24-30-13-18(14-31-24)17-2-3-19-20(11-17)33-23(32-19)34-21-10-16(4-5-29-21)15-35-6-8-36(9-7-35)22(37)12-25(26,27)28/h2-5,10-11,13-14H,6-9,12,15H2,1H3,(H2,29,32,33,34). The van der Waals surface area contributed by atoms with E-state index in [0.717, 1.165) is 32.9 Å². The van der Waals surface area contributed by atoms with Gasteiger partial charge in [-0.2, -0.15) is 13.2 Å². The van der Waals surface area contributed by atoms with Crippen molar-refractivity contribution in [1.29, 1.82) is 0 Å². The average molecular weight is 543 g/mol. The van der Waals surface area contributed by atoms with Crippen LogP contribution in [-0.2, 0) is 11.3 Å². The number of anilines is 2. The van der Waals surface area contributed by atoms with Crippen molar-refractivity contribution >= 4 is 40.5 Å². The highest BCUT2D eigenvalue weighted by Crippen LogP contribution is 2.25. The van der Waals surface area contributed by atoms with Gasteiger partial charge in [0.05, 0.1) is 11.0 Å². The summed E-state index contributed by atoms with van der Waals surface area (Å²) in [6.07, 6.45) is 1.33. The molecule has 0 saturated carbocycles. The molecule has 4 heterocycles. The first kappa shape index (κ1) is 25.9. The number of fused-ring (bicyclic) bond motifs is 1. The van der Waals surface area contributed by atoms with Gasteiger partial charge in [0.1, 0.15) is 12.2 Å². The molecule has 1 fully saturated rings. The molecule has 0 atom stereocenters. The molecule has 5 rings (SSSR count). The molecule has 1 aliphatic rings. The van der Waals surface area contributed by atoms with Gasteiger partial charge in [-0.15, -0.1) is 0 Å². The number of amides is 1. The van der Waals surface area contributed by atoms with Crippen LogP contribution >= 0.6 is 11.8 Å². The number of piperazine rings is 1. The number of alkyl halides is 3. The largest absolute Gasteiger partial charge is 0.397 e. The molecule has 0 spiro atoms. The molecular weight excluding hydrogens is 517 g/mol. The van der Waals surface area contributed by atoms with Crippen LogP contribution in [0.25, 0.3) is 22.2 Å². The van der Waals surface area contributed by atoms with Crippen LogP contribution in [0.2, 0.25) is 0 Å². The lowest BCUT2D eigenvalue weighted by Gasteiger charge is -2.35. The lowest BCUT2D eigenvalue weighted by Crippen LogP contribution is -2.49. The minimum absolute atomic E-state index is 0.278. The van der Waals surface area contributed by atoms with Gasteiger partial charge < -0.3 is 15.2 Å². The first-order chi connectivity index (χ1) is 18.3. The van der Waals surface area contributed by atoms with E-state index in [1.165, 1.54) is 16.7 Å². The van der Waals surface area contributed by atoms with Crippen LogP contribution in [0.4, 0.5) is 24.9 Å². The minimum atomic E-state index is -4.48. The number of nitrogens with zero attached hydrogens (tertiary/aromatic N) is 6. The molecule has 3 aromatic heterocycles. The maximum atomic E-state index is 12.5. The zero-order chi connectivity index (χ0) is 26.7. The molecule has 4 aromatic rings. The number of carbonyl (C=O) groups is 1. The number of H-pyrrole nitrogens is 1. The molecule has 0 radical (unpaired) electrons. The fourth-order valence-electron chi connectivity index (χ4n) is 4.28. The number of pyridine rings is 1. The van der Waals surface area contributed by atoms with Gasteiger partial charge in [0, 0.05) is 56.9 Å². The molecule has 1 amide bonds. The Balaban J connectivity index is 1.20. The summed E-state index contributed by atoms with van der Waals surface area (Å²) in [6.45, 7) is 2.16. The van der Waals surface area contributed by atoms with Crippen molar-refractivity contribution in [3.05, 3.63) is 54.5 Å². The van der Waals surface area contributed by atoms with E-state index in [-0.39, 0.29) is 13.1 Å². The number of nitrogens with one attached hydrogen (secondary N) is 2. The van der Waals surface area contributed by atoms with Gasteiger partial charge in [-0.1, -0.05) is 17.8 Å². The highest BCUT2D eigenvalue weighted by molar-refractivity contribution is 7.98. The number of carbonyl (C=O) groups excluding carboxylic acids is 1. The van der Waals surface area contributed by atoms with Crippen molar-refractivity contribution in [2.24, 2.45) is 0 Å². The molecular formula is C25H25F3N8OS. The molecule has 0 aliphatic carbocycles. The smallest absolute Gasteiger partial charge is 0.340 e. The van der Waals surface area contributed by atoms with Crippen LogP contribution in [0.1, 0.15) is 12.0 Å². The third kappa shape index (κ3) is 6.40. The van der Waals surface area contributed by atoms with Crippen LogP contribution in [0, 0.1) is 0 Å². The summed E-state index contributed by atoms with van der Waals surface area (Å²) in [4.78, 5) is 36.1. The van der Waals surface area contributed by atoms with Gasteiger partial charge in [0.2, 0.25) is 11.9 Å². The Labute approximate surface area is 220 Å². The van der Waals surface area contributed by atoms with Gasteiger partial charge in [-0.25, -0.2) is 19.9 Å². The normalized spacial score (nSPS) is 14.7. The van der Waals surface area contributed by atoms with E-state index < -0.39 is 18.5 Å². The van der Waals surface area contributed by atoms with E-state index in [9.17, 15) is 18.0 Å². The summed E-state index contributed by atoms with van der Waals surface area (Å²) in [6, 6.07) is 9.69. The number of hydrogen-bond donors (Lipinski definition) is 2. The molecule has 9 nitrogen and oxygen atoms in total. The van der Waals surface area contributed by atoms with Gasteiger partial charge in [0.15, 0.2) is 5.16 Å². The number of halogens is 3. The van der Waals surface area contributed by atoms with E-state index in [2.05, 4.69) is 35.1 Å². The first-order valence-electron chi connectivity index (χ1n) is 11.9. The van der Waals surface area contributed by atoms with Crippen molar-refractivity contribution in [3.63, 3.8) is 0 Å². The molecule has 2 N–H and O–H groups in total. The van der Waals surface area contributed by atoms with Gasteiger partial charge in [0.25, 0.3) is 0 Å². The molecule has 13 heteroatoms. The van der Waals surface area contributed by atoms with Crippen LogP contribution in [-0.4, -0.2) is 79.2 Å². The van der Waals surface area contributed by atoms with Crippen LogP contribution in [0.15, 0.2) is 54.1 Å². The first-order valence-corrected chi connectivity index (χ1v) is 13.1. The number of aromatic amines is 1. The third-order valence-electron chi connectivity index (χ3n) is 6.18. The van der Waals surface area contributed by atoms with E-state index in [4.69, 9.17) is 0 Å². The number of hydrogen-bond acceptors (Lipinski definition) is 8. The summed E-state index contributed by atoms with van der Waals surface area (Å²) in [7, 11) is 0. The maximum absolute atomic E-state index is 12.5. The number of thioether (sulfide) groups is 1. The maximum Gasteiger partial charge on any atom is 0.397 e. The summed E-state index contributed by atoms with van der Waals surface area (Å²) in [5.74, 6) is 0.293. The van der Waals surface area contributed by atoms with Crippen molar-refractivity contribution in [1.82, 2.24) is 34.7 Å². The minimum Gasteiger partial charge on any atom is -0.340 e. The Morgan fingerprint density at radius 1 is 1.05 bits per heavy atom. The summed E-state index contributed by atoms with van der Waals surface area (Å²) < 4.78 is 37.5. The van der Waals surface area contributed by atoms with Crippen molar-refractivity contribution in [2.75, 3.05) is 37.8 Å². The van der Waals surface area contributed by atoms with Gasteiger partial charge in [-0.3, -0.25) is 9.69 Å². The number of rotatable bonds is 7. The molecule has 0 unspecified atom stereocenters. The van der Waals surface area contributed by atoms with Gasteiger partial charge in [-0.05, 0) is 41.6 Å². The monoisotopic (exact) mass is 542 g/mol. The quantitative estimate of drug-likeness (QED) is 0.260. The summed E-state index contributed by atoms with van der Waals surface area (Å²) >= 11 is 1.49. The van der Waals surface area contributed by atoms with Crippen molar-refractivity contribution < 1.29 is 18.0 Å². The third-order valence-corrected chi connectivity index (χ3v) is 6.76. The Hall–Kier alpha value is -3.71. The molecule has 1 saturated heterocycles. The lowest BCUT2D eigenvalue weighted by atomic mass is 10.1. The summed E-state index contributed by atoms with van der Waals surface area (Å²) in [5.41, 5.74) is 4.53. The van der Waals surface area contributed by atoms with Gasteiger partial charge >= 0.3 is 6.18 Å². The fourth-order valence-corrected chi connectivity index (χ4v) is 4.59. The van der Waals surface area contributed by atoms with Crippen LogP contribution in [0.3, 0.4) is 0 Å². The van der Waals surface area contributed by atoms with Crippen molar-refractivity contribution in [2.45, 2.75) is 24.3 Å². The van der Waals surface area contributed by atoms with Crippen LogP contribution < -0.4 is 5.32 Å². The highest BCUT2D eigenvalue weighted by Gasteiger charge is 2.34. The van der Waals surface area contributed by atoms with Crippen LogP contribution in [0.5, 0.6) is 0 Å². The lowest BCUT2D eigenvalue weighted by molar-refractivity contribution is -0.162. The molecule has 198 valence electrons. The predicted octanol–water partition coefficient (Wildman–Crippen LogP) is 4.48. The number of benzene rings is 1. The Morgan fingerprint density at radius 3 is 2.53 bits per heavy atom. The highest BCUT2D eigenvalue weighted by atomic mass is 32.2. The Kier molecular flexibility index (Phi) is 7.47. The SMILES string of the molecule is CSc1ncc(-c2ccc3nc(Nc4cc(CN5CCN(C(=O)CC(F)(F)F)CC5)ccn4)[nH]c3c2)cn1. The van der Waals surface area contributed by atoms with E-state index in [1.807, 2.05) is 36.6 Å². The van der Waals surface area contributed by atoms with E-state index in [1.54, 1.807) is 18.6 Å². The summed E-state index contributed by atoms with van der Waals surface area (Å²) in [5, 5.41) is 3.92. The van der Waals surface area contributed by atoms with Crippen molar-refractivity contribution in [3.8, 4) is 11.1 Å². The fraction of sp³-hybridized carbons (Fsp3) is 0.320. The second-order valence-electron chi connectivity index (χ2n) is 8.90. The van der Waals surface area contributed by atoms with E-state index in [0.29, 0.717) is 31.4 Å². The molecule has 0 bridgehead atoms. The Morgan fingerprint density at radius 2 is 1.82 bits per heavy atom. The zero-order valence-corrected chi connectivity index (χ0v) is 21.3. The van der Waals surface area contributed by atoms with E-state index >= 15 is 0 Å². The second-order valence-corrected chi connectivity index (χ2v) is 9.67. The molecule has 38 heavy (non-hydrogen) atoms.